The van der Waals surface area contributed by atoms with Gasteiger partial charge in [0.2, 0.25) is 5.88 Å². The summed E-state index contributed by atoms with van der Waals surface area (Å²) in [5, 5.41) is 9.03. The van der Waals surface area contributed by atoms with Crippen LogP contribution in [-0.4, -0.2) is 35.9 Å². The van der Waals surface area contributed by atoms with E-state index in [0.29, 0.717) is 24.2 Å². The number of aromatic nitrogens is 1. The largest absolute Gasteiger partial charge is 0.476 e. The second-order valence-corrected chi connectivity index (χ2v) is 4.85. The monoisotopic (exact) mass is 265 g/mol. The molecule has 5 nitrogen and oxygen atoms in total. The number of pyridine rings is 1. The van der Waals surface area contributed by atoms with Crippen LogP contribution >= 0.6 is 0 Å². The van der Waals surface area contributed by atoms with Crippen LogP contribution in [0.4, 0.5) is 11.5 Å². The van der Waals surface area contributed by atoms with Crippen LogP contribution in [0.3, 0.4) is 0 Å². The topological polar surface area (TPSA) is 71.6 Å². The number of rotatable bonds is 7. The fraction of sp³-hybridized carbons (Fsp3) is 0.643. The van der Waals surface area contributed by atoms with Gasteiger partial charge >= 0.3 is 0 Å². The van der Waals surface area contributed by atoms with Crippen molar-refractivity contribution < 1.29 is 9.84 Å². The Morgan fingerprint density at radius 3 is 2.84 bits per heavy atom. The lowest BCUT2D eigenvalue weighted by Crippen LogP contribution is -2.41. The van der Waals surface area contributed by atoms with Crippen LogP contribution in [0.1, 0.15) is 32.6 Å². The molecule has 2 rings (SSSR count). The van der Waals surface area contributed by atoms with Crippen LogP contribution in [0.2, 0.25) is 0 Å². The lowest BCUT2D eigenvalue weighted by Gasteiger charge is -2.38. The Hall–Kier alpha value is -1.49. The number of anilines is 2. The van der Waals surface area contributed by atoms with Crippen molar-refractivity contribution in [1.82, 2.24) is 4.98 Å². The molecule has 1 aliphatic carbocycles. The molecule has 1 aliphatic rings. The molecule has 0 atom stereocenters. The minimum absolute atomic E-state index is 0.205. The van der Waals surface area contributed by atoms with Gasteiger partial charge in [-0.05, 0) is 44.7 Å². The van der Waals surface area contributed by atoms with Crippen molar-refractivity contribution in [3.05, 3.63) is 12.1 Å². The number of nitrogens with zero attached hydrogens (tertiary/aromatic N) is 2. The third-order valence-electron chi connectivity index (χ3n) is 3.52. The van der Waals surface area contributed by atoms with E-state index in [2.05, 4.69) is 9.88 Å². The van der Waals surface area contributed by atoms with E-state index in [9.17, 15) is 0 Å². The van der Waals surface area contributed by atoms with Gasteiger partial charge in [0.15, 0.2) is 0 Å². The molecule has 0 radical (unpaired) electrons. The Kier molecular flexibility index (Phi) is 4.85. The Balaban J connectivity index is 2.17. The molecule has 0 bridgehead atoms. The van der Waals surface area contributed by atoms with E-state index in [4.69, 9.17) is 15.6 Å². The van der Waals surface area contributed by atoms with Gasteiger partial charge in [-0.2, -0.15) is 4.98 Å². The summed E-state index contributed by atoms with van der Waals surface area (Å²) < 4.78 is 5.45. The minimum atomic E-state index is 0.205. The lowest BCUT2D eigenvalue weighted by atomic mass is 9.91. The summed E-state index contributed by atoms with van der Waals surface area (Å²) in [6.45, 7) is 3.50. The van der Waals surface area contributed by atoms with E-state index in [1.165, 1.54) is 19.3 Å². The van der Waals surface area contributed by atoms with Crippen molar-refractivity contribution in [3.63, 3.8) is 0 Å². The highest BCUT2D eigenvalue weighted by molar-refractivity contribution is 5.55. The van der Waals surface area contributed by atoms with Crippen LogP contribution in [0.15, 0.2) is 12.1 Å². The van der Waals surface area contributed by atoms with Crippen molar-refractivity contribution in [3.8, 4) is 5.88 Å². The maximum Gasteiger partial charge on any atom is 0.239 e. The SMILES string of the molecule is CCOc1nc(N(CCCO)C2CCC2)ccc1N. The molecule has 19 heavy (non-hydrogen) atoms. The first-order chi connectivity index (χ1) is 9.26. The molecule has 1 aromatic heterocycles. The maximum absolute atomic E-state index is 9.03. The summed E-state index contributed by atoms with van der Waals surface area (Å²) >= 11 is 0. The van der Waals surface area contributed by atoms with Crippen molar-refractivity contribution in [2.75, 3.05) is 30.4 Å². The highest BCUT2D eigenvalue weighted by Gasteiger charge is 2.26. The van der Waals surface area contributed by atoms with Gasteiger partial charge < -0.3 is 20.5 Å². The summed E-state index contributed by atoms with van der Waals surface area (Å²) in [5.41, 5.74) is 6.42. The van der Waals surface area contributed by atoms with Crippen LogP contribution in [0, 0.1) is 0 Å². The Bertz CT molecular complexity index is 408. The first-order valence-corrected chi connectivity index (χ1v) is 7.03. The summed E-state index contributed by atoms with van der Waals surface area (Å²) in [6.07, 6.45) is 4.42. The standard InChI is InChI=1S/C14H23N3O2/c1-2-19-14-12(15)7-8-13(16-14)17(9-4-10-18)11-5-3-6-11/h7-8,11,18H,2-6,9-10,15H2,1H3. The van der Waals surface area contributed by atoms with Crippen LogP contribution in [0.25, 0.3) is 0 Å². The molecular weight excluding hydrogens is 242 g/mol. The lowest BCUT2D eigenvalue weighted by molar-refractivity contribution is 0.282. The van der Waals surface area contributed by atoms with Gasteiger partial charge in [-0.1, -0.05) is 0 Å². The van der Waals surface area contributed by atoms with E-state index in [-0.39, 0.29) is 6.61 Å². The minimum Gasteiger partial charge on any atom is -0.476 e. The molecular formula is C14H23N3O2. The Morgan fingerprint density at radius 1 is 1.47 bits per heavy atom. The average Bonchev–Trinajstić information content (AvgIpc) is 2.35. The van der Waals surface area contributed by atoms with E-state index in [1.54, 1.807) is 0 Å². The summed E-state index contributed by atoms with van der Waals surface area (Å²) in [4.78, 5) is 6.78. The van der Waals surface area contributed by atoms with Gasteiger partial charge in [0.05, 0.1) is 12.3 Å². The molecule has 1 aromatic rings. The third-order valence-corrected chi connectivity index (χ3v) is 3.52. The average molecular weight is 265 g/mol. The number of nitrogens with two attached hydrogens (primary N) is 1. The predicted octanol–water partition coefficient (Wildman–Crippen LogP) is 1.80. The number of hydrogen-bond acceptors (Lipinski definition) is 5. The Labute approximate surface area is 114 Å². The smallest absolute Gasteiger partial charge is 0.239 e. The Morgan fingerprint density at radius 2 is 2.26 bits per heavy atom. The second kappa shape index (κ2) is 6.61. The van der Waals surface area contributed by atoms with Crippen molar-refractivity contribution in [2.45, 2.75) is 38.6 Å². The molecule has 0 spiro atoms. The normalized spacial score (nSPS) is 15.1. The van der Waals surface area contributed by atoms with Gasteiger partial charge in [0.1, 0.15) is 5.82 Å². The number of aliphatic hydroxyl groups excluding tert-OH is 1. The number of hydrogen-bond donors (Lipinski definition) is 2. The number of nitrogen functional groups attached to an aromatic ring is 1. The van der Waals surface area contributed by atoms with Gasteiger partial charge in [-0.15, -0.1) is 0 Å². The van der Waals surface area contributed by atoms with Crippen molar-refractivity contribution in [1.29, 1.82) is 0 Å². The molecule has 1 fully saturated rings. The van der Waals surface area contributed by atoms with E-state index < -0.39 is 0 Å². The summed E-state index contributed by atoms with van der Waals surface area (Å²) in [6, 6.07) is 4.32. The quantitative estimate of drug-likeness (QED) is 0.786. The van der Waals surface area contributed by atoms with Gasteiger partial charge in [0, 0.05) is 19.2 Å². The van der Waals surface area contributed by atoms with Crippen LogP contribution < -0.4 is 15.4 Å². The highest BCUT2D eigenvalue weighted by Crippen LogP contribution is 2.31. The van der Waals surface area contributed by atoms with E-state index in [0.717, 1.165) is 18.8 Å². The molecule has 0 aliphatic heterocycles. The first-order valence-electron chi connectivity index (χ1n) is 7.03. The van der Waals surface area contributed by atoms with Crippen molar-refractivity contribution >= 4 is 11.5 Å². The van der Waals surface area contributed by atoms with Crippen LogP contribution in [0.5, 0.6) is 5.88 Å². The molecule has 0 unspecified atom stereocenters. The van der Waals surface area contributed by atoms with Gasteiger partial charge in [-0.25, -0.2) is 0 Å². The number of aliphatic hydroxyl groups is 1. The molecule has 3 N–H and O–H groups in total. The maximum atomic E-state index is 9.03. The zero-order valence-electron chi connectivity index (χ0n) is 11.5. The van der Waals surface area contributed by atoms with Crippen LogP contribution in [-0.2, 0) is 0 Å². The van der Waals surface area contributed by atoms with Crippen molar-refractivity contribution in [2.24, 2.45) is 0 Å². The number of ether oxygens (including phenoxy) is 1. The van der Waals surface area contributed by atoms with E-state index in [1.807, 2.05) is 19.1 Å². The second-order valence-electron chi connectivity index (χ2n) is 4.85. The molecule has 1 heterocycles. The zero-order chi connectivity index (χ0) is 13.7. The summed E-state index contributed by atoms with van der Waals surface area (Å²) in [7, 11) is 0. The zero-order valence-corrected chi connectivity index (χ0v) is 11.5. The fourth-order valence-corrected chi connectivity index (χ4v) is 2.28. The molecule has 5 heteroatoms. The molecule has 1 saturated carbocycles. The molecule has 0 aromatic carbocycles. The fourth-order valence-electron chi connectivity index (χ4n) is 2.28. The van der Waals surface area contributed by atoms with Gasteiger partial charge in [0.25, 0.3) is 0 Å². The third kappa shape index (κ3) is 3.29. The molecule has 0 amide bonds. The highest BCUT2D eigenvalue weighted by atomic mass is 16.5. The first kappa shape index (κ1) is 13.9. The predicted molar refractivity (Wildman–Crippen MR) is 76.5 cm³/mol. The van der Waals surface area contributed by atoms with Gasteiger partial charge in [-0.3, -0.25) is 0 Å². The summed E-state index contributed by atoms with van der Waals surface area (Å²) in [5.74, 6) is 1.41. The molecule has 0 saturated heterocycles. The van der Waals surface area contributed by atoms with E-state index >= 15 is 0 Å². The molecule has 106 valence electrons.